The number of carbonyl (C=O) groups excluding carboxylic acids is 10. The summed E-state index contributed by atoms with van der Waals surface area (Å²) in [4.78, 5) is 146. The van der Waals surface area contributed by atoms with Crippen LogP contribution in [0.3, 0.4) is 0 Å². The average Bonchev–Trinajstić information content (AvgIpc) is 1.64. The largest absolute Gasteiger partial charge is 0.481 e. The van der Waals surface area contributed by atoms with Crippen LogP contribution in [0.5, 0.6) is 0 Å². The second-order valence-electron chi connectivity index (χ2n) is 26.8. The molecule has 1 aromatic rings. The lowest BCUT2D eigenvalue weighted by Crippen LogP contribution is -2.52. The maximum Gasteiger partial charge on any atom is 0.410 e. The Hall–Kier alpha value is -7.65. The molecule has 0 unspecified atom stereocenters. The van der Waals surface area contributed by atoms with Gasteiger partial charge in [0, 0.05) is 101 Å². The molecule has 96 heavy (non-hydrogen) atoms. The van der Waals surface area contributed by atoms with Crippen LogP contribution in [0.15, 0.2) is 72.4 Å². The van der Waals surface area contributed by atoms with Crippen LogP contribution in [0, 0.1) is 23.7 Å². The molecule has 9 N–H and O–H groups in total. The molecule has 26 nitrogen and oxygen atoms in total. The number of benzene rings is 1. The summed E-state index contributed by atoms with van der Waals surface area (Å²) in [7, 11) is 0. The SMILES string of the molecule is CC[C@H](O)[C@@H](C)[C@H]1O[C@@H]1C[C@@](C)(O)/C=C/C=C(\C)[C@H]1OC(=O)C[C@H](O)CC[C@@](C)(O)[C@@H](OC(=O)N2CCN(C(=O)OCc3ccc(CC(=O)[C@H](CCCCC(N)=O)NC(=O)[C@@H](CC(=O)[C@H](CCC(=O)O)NC(=O)CCCCCN4C(=O)C=CC4=O)C(C)C)cc3)CC2)/C=C/[C@@H]1C. The number of amides is 7. The van der Waals surface area contributed by atoms with Crippen molar-refractivity contribution in [2.45, 2.75) is 231 Å². The molecule has 26 heteroatoms. The van der Waals surface area contributed by atoms with Gasteiger partial charge in [0.1, 0.15) is 18.3 Å². The molecule has 0 aromatic heterocycles. The Kier molecular flexibility index (Phi) is 31.1. The molecule has 0 aliphatic carbocycles. The molecule has 2 saturated heterocycles. The van der Waals surface area contributed by atoms with E-state index < -0.39 is 131 Å². The average molecular weight is 1350 g/mol. The van der Waals surface area contributed by atoms with Crippen molar-refractivity contribution in [3.05, 3.63) is 83.5 Å². The van der Waals surface area contributed by atoms with Gasteiger partial charge in [-0.2, -0.15) is 0 Å². The van der Waals surface area contributed by atoms with Gasteiger partial charge in [-0.15, -0.1) is 0 Å². The summed E-state index contributed by atoms with van der Waals surface area (Å²) in [6, 6.07) is 4.44. The van der Waals surface area contributed by atoms with Gasteiger partial charge in [-0.05, 0) is 101 Å². The topological polar surface area (TPSA) is 389 Å². The van der Waals surface area contributed by atoms with Crippen molar-refractivity contribution < 1.29 is 97.2 Å². The Balaban J connectivity index is 1.13. The van der Waals surface area contributed by atoms with E-state index in [2.05, 4.69) is 10.6 Å². The zero-order chi connectivity index (χ0) is 71.0. The first-order valence-corrected chi connectivity index (χ1v) is 33.6. The molecule has 532 valence electrons. The summed E-state index contributed by atoms with van der Waals surface area (Å²) in [6.45, 7) is 14.3. The van der Waals surface area contributed by atoms with Crippen LogP contribution >= 0.6 is 0 Å². The highest BCUT2D eigenvalue weighted by Crippen LogP contribution is 2.38. The van der Waals surface area contributed by atoms with Crippen LogP contribution in [0.1, 0.15) is 169 Å². The van der Waals surface area contributed by atoms with Gasteiger partial charge in [0.2, 0.25) is 17.7 Å². The predicted octanol–water partition coefficient (Wildman–Crippen LogP) is 5.37. The molecule has 4 aliphatic heterocycles. The lowest BCUT2D eigenvalue weighted by Gasteiger charge is -2.37. The minimum Gasteiger partial charge on any atom is -0.481 e. The molecule has 2 fully saturated rings. The molecule has 0 radical (unpaired) electrons. The fraction of sp³-hybridized carbons (Fsp3) is 0.643. The van der Waals surface area contributed by atoms with Gasteiger partial charge in [-0.25, -0.2) is 9.59 Å². The number of Topliss-reactive ketones (excluding diaryl/α,β-unsaturated/α-hetero) is 2. The lowest BCUT2D eigenvalue weighted by molar-refractivity contribution is -0.151. The number of ether oxygens (including phenoxy) is 4. The maximum absolute atomic E-state index is 14.1. The summed E-state index contributed by atoms with van der Waals surface area (Å²) in [6.07, 6.45) is 6.57. The first kappa shape index (κ1) is 79.0. The summed E-state index contributed by atoms with van der Waals surface area (Å²) in [5, 5.41) is 58.9. The summed E-state index contributed by atoms with van der Waals surface area (Å²) < 4.78 is 23.3. The van der Waals surface area contributed by atoms with E-state index in [-0.39, 0.29) is 121 Å². The van der Waals surface area contributed by atoms with E-state index in [1.807, 2.05) is 13.8 Å². The van der Waals surface area contributed by atoms with Crippen molar-refractivity contribution >= 4 is 65.2 Å². The van der Waals surface area contributed by atoms with Gasteiger partial charge >= 0.3 is 24.1 Å². The molecule has 0 bridgehead atoms. The van der Waals surface area contributed by atoms with Gasteiger partial charge in [0.15, 0.2) is 17.7 Å². The smallest absolute Gasteiger partial charge is 0.410 e. The highest BCUT2D eigenvalue weighted by atomic mass is 16.6. The molecular weight excluding hydrogens is 1240 g/mol. The molecule has 5 rings (SSSR count). The number of aliphatic hydroxyl groups is 4. The van der Waals surface area contributed by atoms with E-state index in [1.54, 1.807) is 83.2 Å². The maximum atomic E-state index is 14.1. The zero-order valence-electron chi connectivity index (χ0n) is 56.8. The number of imide groups is 1. The van der Waals surface area contributed by atoms with E-state index in [0.717, 1.165) is 4.90 Å². The third-order valence-corrected chi connectivity index (χ3v) is 18.1. The number of carboxylic acid groups (broad SMARTS) is 1. The quantitative estimate of drug-likeness (QED) is 0.00805. The minimum absolute atomic E-state index is 0.0149. The monoisotopic (exact) mass is 1350 g/mol. The number of unbranched alkanes of at least 4 members (excludes halogenated alkanes) is 3. The fourth-order valence-electron chi connectivity index (χ4n) is 11.8. The van der Waals surface area contributed by atoms with Crippen molar-refractivity contribution in [1.29, 1.82) is 0 Å². The number of nitrogens with zero attached hydrogens (tertiary/aromatic N) is 3. The van der Waals surface area contributed by atoms with Gasteiger partial charge in [-0.1, -0.05) is 96.0 Å². The third kappa shape index (κ3) is 26.1. The first-order valence-electron chi connectivity index (χ1n) is 33.6. The number of aliphatic hydroxyl groups excluding tert-OH is 2. The van der Waals surface area contributed by atoms with Gasteiger partial charge in [-0.3, -0.25) is 48.1 Å². The number of piperazine rings is 1. The Morgan fingerprint density at radius 3 is 2.09 bits per heavy atom. The number of aliphatic carboxylic acids is 1. The Bertz CT molecular complexity index is 2970. The molecule has 7 amide bonds. The summed E-state index contributed by atoms with van der Waals surface area (Å²) in [5.41, 5.74) is 4.20. The standard InChI is InChI=1S/C70H102N6O20/c1-9-53(78)46(6)65-56(94-65)41-69(7,91)31-15-16-44(4)64-45(5)20-26-57(70(8,92)32-30-49(77)39-63(87)96-64)95-68(90)75-36-34-74(35-37-75)67(89)93-42-48-23-21-47(22-24-48)38-54(79)51(17-12-13-18-58(71)81)73-66(88)50(43(2)3)40-55(80)52(25-29-62(85)86)72-59(82)19-11-10-14-33-76-60(83)27-28-61(76)84/h15-16,20-24,26-28,31,43,45-46,49-53,56-57,64-65,77-78,91-92H,9-14,17-19,25,29-30,32-42H2,1-8H3,(H2,71,81)(H,72,82)(H,73,88)(H,85,86)/b26-20+,31-15+,44-16+/t45-,46+,49+,50-,51-,52-,53-,56+,57-,64+,65+,69-,70+/m0/s1. The third-order valence-electron chi connectivity index (χ3n) is 18.1. The molecule has 1 aromatic carbocycles. The number of esters is 1. The first-order chi connectivity index (χ1) is 45.3. The lowest BCUT2D eigenvalue weighted by atomic mass is 9.86. The van der Waals surface area contributed by atoms with Gasteiger partial charge < -0.3 is 70.6 Å². The van der Waals surface area contributed by atoms with Crippen LogP contribution in [-0.4, -0.2) is 198 Å². The fourth-order valence-corrected chi connectivity index (χ4v) is 11.8. The Morgan fingerprint density at radius 2 is 1.47 bits per heavy atom. The van der Waals surface area contributed by atoms with E-state index >= 15 is 0 Å². The van der Waals surface area contributed by atoms with Crippen molar-refractivity contribution in [1.82, 2.24) is 25.3 Å². The molecule has 0 spiro atoms. The van der Waals surface area contributed by atoms with E-state index in [1.165, 1.54) is 35.0 Å². The number of allylic oxidation sites excluding steroid dienone is 2. The molecular formula is C70H102N6O20. The summed E-state index contributed by atoms with van der Waals surface area (Å²) in [5.74, 6) is -7.28. The molecule has 4 aliphatic rings. The van der Waals surface area contributed by atoms with E-state index in [9.17, 15) is 78.3 Å². The summed E-state index contributed by atoms with van der Waals surface area (Å²) >= 11 is 0. The van der Waals surface area contributed by atoms with Crippen molar-refractivity contribution in [3.8, 4) is 0 Å². The number of carbonyl (C=O) groups is 11. The second kappa shape index (κ2) is 37.8. The zero-order valence-corrected chi connectivity index (χ0v) is 56.8. The van der Waals surface area contributed by atoms with Crippen LogP contribution in [0.4, 0.5) is 9.59 Å². The number of rotatable bonds is 35. The van der Waals surface area contributed by atoms with E-state index in [0.29, 0.717) is 61.6 Å². The van der Waals surface area contributed by atoms with Crippen LogP contribution in [0.25, 0.3) is 0 Å². The number of primary amides is 1. The second-order valence-corrected chi connectivity index (χ2v) is 26.8. The number of hydrogen-bond acceptors (Lipinski definition) is 19. The Labute approximate surface area is 562 Å². The van der Waals surface area contributed by atoms with Crippen LogP contribution < -0.4 is 16.4 Å². The molecule has 13 atom stereocenters. The van der Waals surface area contributed by atoms with Crippen molar-refractivity contribution in [3.63, 3.8) is 0 Å². The minimum atomic E-state index is -1.69. The highest BCUT2D eigenvalue weighted by molar-refractivity contribution is 6.12. The molecule has 0 saturated carbocycles. The van der Waals surface area contributed by atoms with Gasteiger partial charge in [0.25, 0.3) is 11.8 Å². The number of nitrogens with two attached hydrogens (primary N) is 1. The number of ketones is 2. The van der Waals surface area contributed by atoms with Crippen molar-refractivity contribution in [2.75, 3.05) is 32.7 Å². The van der Waals surface area contributed by atoms with Crippen LogP contribution in [-0.2, 0) is 75.1 Å². The number of hydrogen-bond donors (Lipinski definition) is 8. The molecule has 4 heterocycles. The predicted molar refractivity (Wildman–Crippen MR) is 350 cm³/mol. The van der Waals surface area contributed by atoms with E-state index in [4.69, 9.17) is 24.7 Å². The number of carboxylic acids is 1. The van der Waals surface area contributed by atoms with Gasteiger partial charge in [0.05, 0.1) is 48.5 Å². The number of cyclic esters (lactones) is 1. The number of epoxide rings is 1. The number of nitrogens with one attached hydrogen (secondary N) is 2. The normalized spacial score (nSPS) is 24.3. The Morgan fingerprint density at radius 1 is 0.844 bits per heavy atom. The van der Waals surface area contributed by atoms with Crippen molar-refractivity contribution in [2.24, 2.45) is 29.4 Å². The van der Waals surface area contributed by atoms with Crippen LogP contribution in [0.2, 0.25) is 0 Å². The highest BCUT2D eigenvalue weighted by Gasteiger charge is 2.47.